The summed E-state index contributed by atoms with van der Waals surface area (Å²) in [6.07, 6.45) is 3.89. The van der Waals surface area contributed by atoms with Gasteiger partial charge in [0, 0.05) is 18.2 Å². The normalized spacial score (nSPS) is 13.4. The molecule has 27 heavy (non-hydrogen) atoms. The van der Waals surface area contributed by atoms with E-state index in [2.05, 4.69) is 29.7 Å². The van der Waals surface area contributed by atoms with Gasteiger partial charge in [0.1, 0.15) is 11.5 Å². The third-order valence-corrected chi connectivity index (χ3v) is 4.55. The van der Waals surface area contributed by atoms with Crippen molar-refractivity contribution in [3.05, 3.63) is 53.6 Å². The van der Waals surface area contributed by atoms with Crippen LogP contribution in [-0.4, -0.2) is 25.3 Å². The number of carbonyl (C=O) groups is 1. The molecule has 1 unspecified atom stereocenters. The quantitative estimate of drug-likeness (QED) is 0.672. The van der Waals surface area contributed by atoms with Gasteiger partial charge < -0.3 is 20.1 Å². The molecule has 0 saturated carbocycles. The molecule has 2 amide bonds. The predicted octanol–water partition coefficient (Wildman–Crippen LogP) is 4.55. The fourth-order valence-electron chi connectivity index (χ4n) is 3.13. The molecule has 2 aromatic carbocycles. The Morgan fingerprint density at radius 1 is 1.22 bits per heavy atom. The molecule has 0 aliphatic carbocycles. The first-order valence-electron chi connectivity index (χ1n) is 9.69. The SMILES string of the molecule is CCCCOc1ccc(NC(=O)NC(C)Cc2ccc3c(c2)CCO3)cc1. The van der Waals surface area contributed by atoms with Gasteiger partial charge in [-0.15, -0.1) is 0 Å². The Morgan fingerprint density at radius 3 is 2.81 bits per heavy atom. The molecular weight excluding hydrogens is 340 g/mol. The van der Waals surface area contributed by atoms with E-state index in [0.717, 1.165) is 56.1 Å². The lowest BCUT2D eigenvalue weighted by Gasteiger charge is -2.15. The van der Waals surface area contributed by atoms with Gasteiger partial charge in [-0.05, 0) is 61.2 Å². The molecule has 0 saturated heterocycles. The van der Waals surface area contributed by atoms with Gasteiger partial charge in [-0.1, -0.05) is 25.5 Å². The number of fused-ring (bicyclic) bond motifs is 1. The maximum atomic E-state index is 12.2. The Kier molecular flexibility index (Phi) is 6.58. The highest BCUT2D eigenvalue weighted by Gasteiger charge is 2.14. The zero-order chi connectivity index (χ0) is 19.1. The monoisotopic (exact) mass is 368 g/mol. The molecule has 2 aromatic rings. The molecular formula is C22H28N2O3. The molecule has 0 radical (unpaired) electrons. The maximum Gasteiger partial charge on any atom is 0.319 e. The van der Waals surface area contributed by atoms with Crippen molar-refractivity contribution < 1.29 is 14.3 Å². The third kappa shape index (κ3) is 5.64. The largest absolute Gasteiger partial charge is 0.494 e. The van der Waals surface area contributed by atoms with Gasteiger partial charge >= 0.3 is 6.03 Å². The number of nitrogens with one attached hydrogen (secondary N) is 2. The minimum Gasteiger partial charge on any atom is -0.494 e. The first kappa shape index (κ1) is 19.1. The molecule has 2 N–H and O–H groups in total. The molecule has 0 bridgehead atoms. The average Bonchev–Trinajstić information content (AvgIpc) is 3.11. The van der Waals surface area contributed by atoms with E-state index >= 15 is 0 Å². The van der Waals surface area contributed by atoms with Gasteiger partial charge in [0.15, 0.2) is 0 Å². The van der Waals surface area contributed by atoms with Crippen LogP contribution < -0.4 is 20.1 Å². The zero-order valence-electron chi connectivity index (χ0n) is 16.1. The summed E-state index contributed by atoms with van der Waals surface area (Å²) in [5.74, 6) is 1.81. The van der Waals surface area contributed by atoms with E-state index in [1.165, 1.54) is 11.1 Å². The van der Waals surface area contributed by atoms with E-state index in [1.807, 2.05) is 37.3 Å². The van der Waals surface area contributed by atoms with Gasteiger partial charge in [-0.25, -0.2) is 4.79 Å². The molecule has 0 spiro atoms. The highest BCUT2D eigenvalue weighted by molar-refractivity contribution is 5.89. The van der Waals surface area contributed by atoms with Crippen LogP contribution in [-0.2, 0) is 12.8 Å². The summed E-state index contributed by atoms with van der Waals surface area (Å²) in [5, 5.41) is 5.86. The molecule has 3 rings (SSSR count). The van der Waals surface area contributed by atoms with Gasteiger partial charge in [-0.2, -0.15) is 0 Å². The van der Waals surface area contributed by atoms with E-state index < -0.39 is 0 Å². The fraction of sp³-hybridized carbons (Fsp3) is 0.409. The minimum absolute atomic E-state index is 0.0296. The fourth-order valence-corrected chi connectivity index (χ4v) is 3.13. The van der Waals surface area contributed by atoms with E-state index in [0.29, 0.717) is 0 Å². The number of rotatable bonds is 8. The van der Waals surface area contributed by atoms with Crippen molar-refractivity contribution in [2.24, 2.45) is 0 Å². The molecule has 1 aliphatic heterocycles. The van der Waals surface area contributed by atoms with Crippen molar-refractivity contribution in [3.8, 4) is 11.5 Å². The third-order valence-electron chi connectivity index (χ3n) is 4.55. The van der Waals surface area contributed by atoms with E-state index in [1.54, 1.807) is 0 Å². The summed E-state index contributed by atoms with van der Waals surface area (Å²) in [4.78, 5) is 12.2. The second-order valence-electron chi connectivity index (χ2n) is 6.97. The van der Waals surface area contributed by atoms with Crippen LogP contribution in [0.25, 0.3) is 0 Å². The van der Waals surface area contributed by atoms with Crippen molar-refractivity contribution in [2.45, 2.75) is 45.6 Å². The van der Waals surface area contributed by atoms with Crippen LogP contribution in [0.5, 0.6) is 11.5 Å². The van der Waals surface area contributed by atoms with Crippen LogP contribution in [0.1, 0.15) is 37.8 Å². The number of benzene rings is 2. The second-order valence-corrected chi connectivity index (χ2v) is 6.97. The zero-order valence-corrected chi connectivity index (χ0v) is 16.1. The molecule has 5 nitrogen and oxygen atoms in total. The standard InChI is InChI=1S/C22H28N2O3/c1-3-4-12-26-20-8-6-19(7-9-20)24-22(25)23-16(2)14-17-5-10-21-18(15-17)11-13-27-21/h5-10,15-16H,3-4,11-14H2,1-2H3,(H2,23,24,25). The van der Waals surface area contributed by atoms with E-state index in [9.17, 15) is 4.79 Å². The summed E-state index contributed by atoms with van der Waals surface area (Å²) in [7, 11) is 0. The molecule has 0 fully saturated rings. The lowest BCUT2D eigenvalue weighted by atomic mass is 10.0. The number of urea groups is 1. The Balaban J connectivity index is 1.45. The summed E-state index contributed by atoms with van der Waals surface area (Å²) < 4.78 is 11.2. The first-order chi connectivity index (χ1) is 13.1. The Bertz CT molecular complexity index is 759. The summed E-state index contributed by atoms with van der Waals surface area (Å²) in [6.45, 7) is 5.62. The van der Waals surface area contributed by atoms with Crippen molar-refractivity contribution in [2.75, 3.05) is 18.5 Å². The lowest BCUT2D eigenvalue weighted by Crippen LogP contribution is -2.37. The van der Waals surface area contributed by atoms with Gasteiger partial charge in [-0.3, -0.25) is 0 Å². The predicted molar refractivity (Wildman–Crippen MR) is 108 cm³/mol. The average molecular weight is 368 g/mol. The molecule has 5 heteroatoms. The Hall–Kier alpha value is -2.69. The number of unbranched alkanes of at least 4 members (excludes halogenated alkanes) is 1. The van der Waals surface area contributed by atoms with Crippen LogP contribution in [0.4, 0.5) is 10.5 Å². The molecule has 1 aliphatic rings. The number of carbonyl (C=O) groups excluding carboxylic acids is 1. The van der Waals surface area contributed by atoms with Gasteiger partial charge in [0.25, 0.3) is 0 Å². The summed E-state index contributed by atoms with van der Waals surface area (Å²) in [6, 6.07) is 13.6. The van der Waals surface area contributed by atoms with Crippen molar-refractivity contribution >= 4 is 11.7 Å². The molecule has 1 atom stereocenters. The molecule has 0 aromatic heterocycles. The van der Waals surface area contributed by atoms with Crippen LogP contribution in [0.15, 0.2) is 42.5 Å². The van der Waals surface area contributed by atoms with Crippen molar-refractivity contribution in [1.82, 2.24) is 5.32 Å². The van der Waals surface area contributed by atoms with Crippen LogP contribution in [0, 0.1) is 0 Å². The number of hydrogen-bond donors (Lipinski definition) is 2. The minimum atomic E-state index is -0.202. The van der Waals surface area contributed by atoms with Crippen molar-refractivity contribution in [3.63, 3.8) is 0 Å². The van der Waals surface area contributed by atoms with E-state index in [-0.39, 0.29) is 12.1 Å². The number of hydrogen-bond acceptors (Lipinski definition) is 3. The Morgan fingerprint density at radius 2 is 2.04 bits per heavy atom. The highest BCUT2D eigenvalue weighted by atomic mass is 16.5. The summed E-state index contributed by atoms with van der Waals surface area (Å²) >= 11 is 0. The Labute approximate surface area is 161 Å². The number of amides is 2. The van der Waals surface area contributed by atoms with Gasteiger partial charge in [0.2, 0.25) is 0 Å². The number of anilines is 1. The second kappa shape index (κ2) is 9.31. The van der Waals surface area contributed by atoms with Crippen LogP contribution >= 0.6 is 0 Å². The van der Waals surface area contributed by atoms with Crippen LogP contribution in [0.3, 0.4) is 0 Å². The number of ether oxygens (including phenoxy) is 2. The summed E-state index contributed by atoms with van der Waals surface area (Å²) in [5.41, 5.74) is 3.21. The van der Waals surface area contributed by atoms with Crippen LogP contribution in [0.2, 0.25) is 0 Å². The smallest absolute Gasteiger partial charge is 0.319 e. The first-order valence-corrected chi connectivity index (χ1v) is 9.69. The molecule has 144 valence electrons. The van der Waals surface area contributed by atoms with Crippen molar-refractivity contribution in [1.29, 1.82) is 0 Å². The maximum absolute atomic E-state index is 12.2. The topological polar surface area (TPSA) is 59.6 Å². The van der Waals surface area contributed by atoms with E-state index in [4.69, 9.17) is 9.47 Å². The highest BCUT2D eigenvalue weighted by Crippen LogP contribution is 2.26. The molecule has 1 heterocycles. The van der Waals surface area contributed by atoms with Gasteiger partial charge in [0.05, 0.1) is 13.2 Å². The lowest BCUT2D eigenvalue weighted by molar-refractivity contribution is 0.249.